The molecule has 0 aromatic carbocycles. The molecular formula is C11H15BrN2O4S. The third-order valence-corrected chi connectivity index (χ3v) is 3.99. The molecule has 8 heteroatoms. The fourth-order valence-corrected chi connectivity index (χ4v) is 2.43. The number of carbonyl (C=O) groups is 2. The number of hydrogen-bond acceptors (Lipinski definition) is 4. The minimum Gasteiger partial charge on any atom is -0.479 e. The first-order valence-corrected chi connectivity index (χ1v) is 7.07. The number of carbonyl (C=O) groups excluding carboxylic acids is 1. The minimum atomic E-state index is -1.97. The predicted molar refractivity (Wildman–Crippen MR) is 75.1 cm³/mol. The zero-order chi connectivity index (χ0) is 14.6. The SMILES string of the molecule is CN(Cc1csc(Br)c1)C(=O)NCC(C)(O)C(=O)O. The third-order valence-electron chi connectivity index (χ3n) is 2.43. The molecule has 106 valence electrons. The van der Waals surface area contributed by atoms with E-state index < -0.39 is 17.6 Å². The molecule has 0 radical (unpaired) electrons. The van der Waals surface area contributed by atoms with Gasteiger partial charge in [-0.1, -0.05) is 0 Å². The Hall–Kier alpha value is -1.12. The van der Waals surface area contributed by atoms with Gasteiger partial charge in [-0.05, 0) is 39.9 Å². The van der Waals surface area contributed by atoms with Crippen LogP contribution in [0.1, 0.15) is 12.5 Å². The Kier molecular flexibility index (Phi) is 5.33. The summed E-state index contributed by atoms with van der Waals surface area (Å²) >= 11 is 4.85. The summed E-state index contributed by atoms with van der Waals surface area (Å²) in [5, 5.41) is 22.5. The van der Waals surface area contributed by atoms with E-state index in [0.29, 0.717) is 6.54 Å². The average Bonchev–Trinajstić information content (AvgIpc) is 2.71. The molecule has 1 unspecified atom stereocenters. The van der Waals surface area contributed by atoms with Gasteiger partial charge in [0.25, 0.3) is 0 Å². The first kappa shape index (κ1) is 15.9. The van der Waals surface area contributed by atoms with E-state index in [0.717, 1.165) is 16.3 Å². The van der Waals surface area contributed by atoms with E-state index >= 15 is 0 Å². The third kappa shape index (κ3) is 4.81. The van der Waals surface area contributed by atoms with Crippen molar-refractivity contribution in [1.29, 1.82) is 0 Å². The number of carboxylic acids is 1. The molecule has 0 bridgehead atoms. The van der Waals surface area contributed by atoms with Gasteiger partial charge in [-0.3, -0.25) is 0 Å². The van der Waals surface area contributed by atoms with Crippen LogP contribution >= 0.6 is 27.3 Å². The van der Waals surface area contributed by atoms with Crippen molar-refractivity contribution in [3.05, 3.63) is 20.8 Å². The Morgan fingerprint density at radius 2 is 2.21 bits per heavy atom. The van der Waals surface area contributed by atoms with E-state index in [1.54, 1.807) is 7.05 Å². The first-order valence-electron chi connectivity index (χ1n) is 5.40. The summed E-state index contributed by atoms with van der Waals surface area (Å²) in [4.78, 5) is 23.8. The van der Waals surface area contributed by atoms with Crippen molar-refractivity contribution in [1.82, 2.24) is 10.2 Å². The zero-order valence-corrected chi connectivity index (χ0v) is 12.9. The Labute approximate surface area is 123 Å². The summed E-state index contributed by atoms with van der Waals surface area (Å²) in [6.07, 6.45) is 0. The second-order valence-corrected chi connectivity index (χ2v) is 6.64. The van der Waals surface area contributed by atoms with Crippen LogP contribution in [-0.2, 0) is 11.3 Å². The highest BCUT2D eigenvalue weighted by Gasteiger charge is 2.30. The predicted octanol–water partition coefficient (Wildman–Crippen LogP) is 1.49. The maximum Gasteiger partial charge on any atom is 0.337 e. The van der Waals surface area contributed by atoms with Gasteiger partial charge in [0.05, 0.1) is 10.3 Å². The van der Waals surface area contributed by atoms with Crippen LogP contribution in [0.4, 0.5) is 4.79 Å². The largest absolute Gasteiger partial charge is 0.479 e. The molecule has 0 spiro atoms. The minimum absolute atomic E-state index is 0.348. The highest BCUT2D eigenvalue weighted by Crippen LogP contribution is 2.21. The number of nitrogens with zero attached hydrogens (tertiary/aromatic N) is 1. The van der Waals surface area contributed by atoms with E-state index in [1.165, 1.54) is 16.2 Å². The van der Waals surface area contributed by atoms with Crippen molar-refractivity contribution in [2.24, 2.45) is 0 Å². The van der Waals surface area contributed by atoms with E-state index in [4.69, 9.17) is 5.11 Å². The van der Waals surface area contributed by atoms with Crippen molar-refractivity contribution < 1.29 is 19.8 Å². The number of carboxylic acid groups (broad SMARTS) is 1. The molecule has 1 atom stereocenters. The highest BCUT2D eigenvalue weighted by molar-refractivity contribution is 9.11. The Balaban J connectivity index is 2.47. The number of thiophene rings is 1. The summed E-state index contributed by atoms with van der Waals surface area (Å²) in [7, 11) is 1.59. The Morgan fingerprint density at radius 1 is 1.58 bits per heavy atom. The number of halogens is 1. The molecule has 1 aromatic heterocycles. The second-order valence-electron chi connectivity index (χ2n) is 4.35. The molecule has 0 saturated heterocycles. The molecule has 1 rings (SSSR count). The lowest BCUT2D eigenvalue weighted by molar-refractivity contribution is -0.155. The fourth-order valence-electron chi connectivity index (χ4n) is 1.23. The molecule has 2 amide bonds. The molecule has 1 heterocycles. The van der Waals surface area contributed by atoms with Crippen LogP contribution in [0.15, 0.2) is 15.2 Å². The smallest absolute Gasteiger partial charge is 0.337 e. The van der Waals surface area contributed by atoms with Gasteiger partial charge in [0.2, 0.25) is 0 Å². The summed E-state index contributed by atoms with van der Waals surface area (Å²) in [5.74, 6) is -1.38. The summed E-state index contributed by atoms with van der Waals surface area (Å²) in [6, 6.07) is 1.46. The molecular weight excluding hydrogens is 336 g/mol. The quantitative estimate of drug-likeness (QED) is 0.750. The molecule has 0 aliphatic heterocycles. The van der Waals surface area contributed by atoms with Crippen LogP contribution in [0, 0.1) is 0 Å². The van der Waals surface area contributed by atoms with Gasteiger partial charge in [-0.15, -0.1) is 11.3 Å². The normalized spacial score (nSPS) is 13.7. The molecule has 0 aliphatic rings. The lowest BCUT2D eigenvalue weighted by atomic mass is 10.1. The Morgan fingerprint density at radius 3 is 2.68 bits per heavy atom. The van der Waals surface area contributed by atoms with Crippen LogP contribution in [0.5, 0.6) is 0 Å². The molecule has 3 N–H and O–H groups in total. The molecule has 1 aromatic rings. The number of nitrogens with one attached hydrogen (secondary N) is 1. The van der Waals surface area contributed by atoms with Crippen LogP contribution in [-0.4, -0.2) is 46.3 Å². The standard InChI is InChI=1S/C11H15BrN2O4S/c1-11(18,9(15)16)6-13-10(17)14(2)4-7-3-8(12)19-5-7/h3,5,18H,4,6H2,1-2H3,(H,13,17)(H,15,16). The molecule has 19 heavy (non-hydrogen) atoms. The van der Waals surface area contributed by atoms with E-state index in [9.17, 15) is 14.7 Å². The number of aliphatic carboxylic acids is 1. The Bertz CT molecular complexity index is 475. The van der Waals surface area contributed by atoms with Crippen molar-refractivity contribution in [2.75, 3.05) is 13.6 Å². The van der Waals surface area contributed by atoms with Gasteiger partial charge in [0, 0.05) is 13.6 Å². The van der Waals surface area contributed by atoms with Crippen molar-refractivity contribution in [3.8, 4) is 0 Å². The first-order chi connectivity index (χ1) is 8.72. The van der Waals surface area contributed by atoms with Gasteiger partial charge in [-0.25, -0.2) is 9.59 Å². The summed E-state index contributed by atoms with van der Waals surface area (Å²) in [5.41, 5.74) is -0.999. The van der Waals surface area contributed by atoms with Crippen molar-refractivity contribution >= 4 is 39.3 Å². The molecule has 0 saturated carbocycles. The number of rotatable bonds is 5. The van der Waals surface area contributed by atoms with Gasteiger partial charge >= 0.3 is 12.0 Å². The van der Waals surface area contributed by atoms with Gasteiger partial charge < -0.3 is 20.4 Å². The number of urea groups is 1. The number of amides is 2. The lowest BCUT2D eigenvalue weighted by Crippen LogP contribution is -2.49. The summed E-state index contributed by atoms with van der Waals surface area (Å²) in [6.45, 7) is 1.19. The van der Waals surface area contributed by atoms with Gasteiger partial charge in [0.15, 0.2) is 5.60 Å². The number of aliphatic hydroxyl groups is 1. The topological polar surface area (TPSA) is 89.9 Å². The van der Waals surface area contributed by atoms with E-state index in [-0.39, 0.29) is 6.54 Å². The molecule has 0 aliphatic carbocycles. The van der Waals surface area contributed by atoms with Crippen molar-refractivity contribution in [2.45, 2.75) is 19.1 Å². The zero-order valence-electron chi connectivity index (χ0n) is 10.5. The monoisotopic (exact) mass is 350 g/mol. The highest BCUT2D eigenvalue weighted by atomic mass is 79.9. The van der Waals surface area contributed by atoms with E-state index in [2.05, 4.69) is 21.2 Å². The van der Waals surface area contributed by atoms with Crippen molar-refractivity contribution in [3.63, 3.8) is 0 Å². The lowest BCUT2D eigenvalue weighted by Gasteiger charge is -2.22. The maximum atomic E-state index is 11.7. The van der Waals surface area contributed by atoms with Gasteiger partial charge in [0.1, 0.15) is 0 Å². The van der Waals surface area contributed by atoms with Crippen LogP contribution in [0.3, 0.4) is 0 Å². The summed E-state index contributed by atoms with van der Waals surface area (Å²) < 4.78 is 0.977. The number of hydrogen-bond donors (Lipinski definition) is 3. The van der Waals surface area contributed by atoms with E-state index in [1.807, 2.05) is 11.4 Å². The molecule has 0 fully saturated rings. The average molecular weight is 351 g/mol. The second kappa shape index (κ2) is 6.36. The molecule has 6 nitrogen and oxygen atoms in total. The van der Waals surface area contributed by atoms with Crippen LogP contribution < -0.4 is 5.32 Å². The van der Waals surface area contributed by atoms with Gasteiger partial charge in [-0.2, -0.15) is 0 Å². The van der Waals surface area contributed by atoms with Crippen LogP contribution in [0.25, 0.3) is 0 Å². The fraction of sp³-hybridized carbons (Fsp3) is 0.455. The van der Waals surface area contributed by atoms with Crippen LogP contribution in [0.2, 0.25) is 0 Å². The maximum absolute atomic E-state index is 11.7.